The highest BCUT2D eigenvalue weighted by molar-refractivity contribution is 5.99. The van der Waals surface area contributed by atoms with E-state index in [0.29, 0.717) is 6.07 Å². The van der Waals surface area contributed by atoms with Crippen molar-refractivity contribution in [1.82, 2.24) is 14.9 Å². The molecule has 0 aliphatic carbocycles. The lowest BCUT2D eigenvalue weighted by Gasteiger charge is -2.33. The first kappa shape index (κ1) is 22.0. The van der Waals surface area contributed by atoms with Gasteiger partial charge in [0.1, 0.15) is 17.2 Å². The Balaban J connectivity index is 1.96. The minimum Gasteiger partial charge on any atom is -0.502 e. The smallest absolute Gasteiger partial charge is 0.276 e. The molecule has 0 fully saturated rings. The maximum absolute atomic E-state index is 13.8. The minimum absolute atomic E-state index is 0.0177. The van der Waals surface area contributed by atoms with Gasteiger partial charge in [-0.25, -0.2) is 8.78 Å². The van der Waals surface area contributed by atoms with E-state index in [-0.39, 0.29) is 24.3 Å². The summed E-state index contributed by atoms with van der Waals surface area (Å²) < 4.78 is 27.9. The van der Waals surface area contributed by atoms with Crippen LogP contribution < -0.4 is 16.2 Å². The molecule has 0 unspecified atom stereocenters. The van der Waals surface area contributed by atoms with Gasteiger partial charge in [-0.05, 0) is 19.9 Å². The molecule has 3 rings (SSSR count). The molecule has 1 aromatic carbocycles. The molecule has 0 spiro atoms. The average molecular weight is 432 g/mol. The molecule has 0 bridgehead atoms. The number of benzene rings is 1. The van der Waals surface area contributed by atoms with Gasteiger partial charge < -0.3 is 20.7 Å². The molecule has 8 nitrogen and oxygen atoms in total. The Morgan fingerprint density at radius 3 is 2.68 bits per heavy atom. The van der Waals surface area contributed by atoms with Crippen molar-refractivity contribution in [3.63, 3.8) is 0 Å². The number of rotatable bonds is 3. The number of pyridine rings is 1. The van der Waals surface area contributed by atoms with E-state index in [9.17, 15) is 28.3 Å². The minimum atomic E-state index is -1.04. The highest BCUT2D eigenvalue weighted by atomic mass is 19.1. The van der Waals surface area contributed by atoms with Gasteiger partial charge >= 0.3 is 0 Å². The molecule has 2 amide bonds. The number of halogens is 2. The van der Waals surface area contributed by atoms with Crippen molar-refractivity contribution < 1.29 is 23.5 Å². The van der Waals surface area contributed by atoms with Crippen LogP contribution in [-0.2, 0) is 6.54 Å². The predicted molar refractivity (Wildman–Crippen MR) is 109 cm³/mol. The molecule has 10 heteroatoms. The summed E-state index contributed by atoms with van der Waals surface area (Å²) >= 11 is 0. The quantitative estimate of drug-likeness (QED) is 0.641. The van der Waals surface area contributed by atoms with Crippen LogP contribution in [0.1, 0.15) is 40.3 Å². The van der Waals surface area contributed by atoms with Crippen molar-refractivity contribution in [3.8, 4) is 5.75 Å². The summed E-state index contributed by atoms with van der Waals surface area (Å²) in [7, 11) is 1.53. The number of likely N-dealkylation sites (N-methyl/N-ethyl adjacent to an activating group) is 1. The molecule has 0 atom stereocenters. The van der Waals surface area contributed by atoms with Crippen LogP contribution >= 0.6 is 0 Å². The summed E-state index contributed by atoms with van der Waals surface area (Å²) in [6.45, 7) is 3.53. The van der Waals surface area contributed by atoms with Crippen molar-refractivity contribution in [2.24, 2.45) is 0 Å². The molecule has 164 valence electrons. The SMILES string of the molecule is CN1C(=O)c2c(O)c(=O)c(C(=O)NCc3ccc(F)cc3F)cn2NC/C=C\C1(C)C. The molecule has 0 saturated carbocycles. The maximum Gasteiger partial charge on any atom is 0.276 e. The van der Waals surface area contributed by atoms with Gasteiger partial charge in [0.2, 0.25) is 5.43 Å². The van der Waals surface area contributed by atoms with Gasteiger partial charge in [0.05, 0.1) is 5.54 Å². The molecule has 2 heterocycles. The third kappa shape index (κ3) is 4.27. The standard InChI is InChI=1S/C21H22F2N4O4/c1-21(2)7-4-8-25-27-11-14(17(28)18(29)16(27)20(31)26(21)3)19(30)24-10-12-5-6-13(22)9-15(12)23/h4-7,9,11,25,29H,8,10H2,1-3H3,(H,24,30)/b7-4-. The second-order valence-corrected chi connectivity index (χ2v) is 7.64. The number of aromatic nitrogens is 1. The topological polar surface area (TPSA) is 104 Å². The number of carbonyl (C=O) groups is 2. The summed E-state index contributed by atoms with van der Waals surface area (Å²) in [5, 5.41) is 12.8. The third-order valence-electron chi connectivity index (χ3n) is 5.16. The Kier molecular flexibility index (Phi) is 5.83. The van der Waals surface area contributed by atoms with Gasteiger partial charge in [-0.1, -0.05) is 18.2 Å². The van der Waals surface area contributed by atoms with Crippen molar-refractivity contribution in [3.05, 3.63) is 75.2 Å². The lowest BCUT2D eigenvalue weighted by molar-refractivity contribution is 0.0676. The van der Waals surface area contributed by atoms with Crippen molar-refractivity contribution in [2.75, 3.05) is 19.0 Å². The zero-order valence-electron chi connectivity index (χ0n) is 17.2. The van der Waals surface area contributed by atoms with E-state index in [1.54, 1.807) is 26.0 Å². The molecular weight excluding hydrogens is 410 g/mol. The third-order valence-corrected chi connectivity index (χ3v) is 5.16. The molecular formula is C21H22F2N4O4. The largest absolute Gasteiger partial charge is 0.502 e. The number of fused-ring (bicyclic) bond motifs is 1. The van der Waals surface area contributed by atoms with Crippen LogP contribution in [0.3, 0.4) is 0 Å². The highest BCUT2D eigenvalue weighted by Crippen LogP contribution is 2.22. The van der Waals surface area contributed by atoms with E-state index >= 15 is 0 Å². The number of amides is 2. The van der Waals surface area contributed by atoms with Crippen LogP contribution in [0.5, 0.6) is 5.75 Å². The Morgan fingerprint density at radius 2 is 2.00 bits per heavy atom. The van der Waals surface area contributed by atoms with Crippen LogP contribution in [0.15, 0.2) is 41.3 Å². The maximum atomic E-state index is 13.8. The molecule has 1 aromatic heterocycles. The number of hydrogen-bond donors (Lipinski definition) is 3. The number of hydrogen-bond acceptors (Lipinski definition) is 5. The van der Waals surface area contributed by atoms with Crippen LogP contribution in [0.4, 0.5) is 8.78 Å². The number of carbonyl (C=O) groups excluding carboxylic acids is 2. The molecule has 0 radical (unpaired) electrons. The molecule has 1 aliphatic rings. The van der Waals surface area contributed by atoms with E-state index in [0.717, 1.165) is 16.9 Å². The van der Waals surface area contributed by atoms with Gasteiger partial charge in [0.15, 0.2) is 11.4 Å². The van der Waals surface area contributed by atoms with Crippen LogP contribution in [0.25, 0.3) is 0 Å². The Hall–Kier alpha value is -3.69. The fraction of sp³-hybridized carbons (Fsp3) is 0.286. The second kappa shape index (κ2) is 8.21. The fourth-order valence-electron chi connectivity index (χ4n) is 3.06. The van der Waals surface area contributed by atoms with Gasteiger partial charge in [-0.2, -0.15) is 0 Å². The van der Waals surface area contributed by atoms with Crippen molar-refractivity contribution in [1.29, 1.82) is 0 Å². The first-order chi connectivity index (χ1) is 14.5. The first-order valence-corrected chi connectivity index (χ1v) is 9.43. The number of aromatic hydroxyl groups is 1. The Morgan fingerprint density at radius 1 is 1.29 bits per heavy atom. The Labute approximate surface area is 176 Å². The van der Waals surface area contributed by atoms with Crippen LogP contribution in [-0.4, -0.2) is 45.6 Å². The zero-order chi connectivity index (χ0) is 22.9. The van der Waals surface area contributed by atoms with Gasteiger partial charge in [-0.15, -0.1) is 0 Å². The lowest BCUT2D eigenvalue weighted by Crippen LogP contribution is -2.45. The van der Waals surface area contributed by atoms with Crippen LogP contribution in [0, 0.1) is 11.6 Å². The highest BCUT2D eigenvalue weighted by Gasteiger charge is 2.32. The van der Waals surface area contributed by atoms with E-state index < -0.39 is 45.7 Å². The summed E-state index contributed by atoms with van der Waals surface area (Å²) in [5.74, 6) is -4.01. The normalized spacial score (nSPS) is 16.4. The first-order valence-electron chi connectivity index (χ1n) is 9.43. The summed E-state index contributed by atoms with van der Waals surface area (Å²) in [4.78, 5) is 39.5. The zero-order valence-corrected chi connectivity index (χ0v) is 17.2. The monoisotopic (exact) mass is 432 g/mol. The number of nitrogens with one attached hydrogen (secondary N) is 2. The van der Waals surface area contributed by atoms with Crippen LogP contribution in [0.2, 0.25) is 0 Å². The van der Waals surface area contributed by atoms with E-state index in [1.165, 1.54) is 18.0 Å². The van der Waals surface area contributed by atoms with E-state index in [1.807, 2.05) is 0 Å². The van der Waals surface area contributed by atoms with Gasteiger partial charge in [0, 0.05) is 38.0 Å². The lowest BCUT2D eigenvalue weighted by atomic mass is 10.0. The van der Waals surface area contributed by atoms with Gasteiger partial charge in [-0.3, -0.25) is 19.1 Å². The summed E-state index contributed by atoms with van der Waals surface area (Å²) in [6.07, 6.45) is 4.67. The predicted octanol–water partition coefficient (Wildman–Crippen LogP) is 1.73. The summed E-state index contributed by atoms with van der Waals surface area (Å²) in [6, 6.07) is 2.89. The molecule has 2 aromatic rings. The van der Waals surface area contributed by atoms with Gasteiger partial charge in [0.25, 0.3) is 11.8 Å². The summed E-state index contributed by atoms with van der Waals surface area (Å²) in [5.41, 5.74) is 0.368. The fourth-order valence-corrected chi connectivity index (χ4v) is 3.06. The van der Waals surface area contributed by atoms with Crippen molar-refractivity contribution in [2.45, 2.75) is 25.9 Å². The molecule has 0 saturated heterocycles. The molecule has 3 N–H and O–H groups in total. The van der Waals surface area contributed by atoms with E-state index in [4.69, 9.17) is 0 Å². The Bertz CT molecular complexity index is 1140. The van der Waals surface area contributed by atoms with E-state index in [2.05, 4.69) is 10.7 Å². The number of nitrogens with zero attached hydrogens (tertiary/aromatic N) is 2. The second-order valence-electron chi connectivity index (χ2n) is 7.64. The van der Waals surface area contributed by atoms with Crippen molar-refractivity contribution >= 4 is 11.8 Å². The average Bonchev–Trinajstić information content (AvgIpc) is 2.74. The molecule has 31 heavy (non-hydrogen) atoms. The molecule has 1 aliphatic heterocycles.